The third-order valence-corrected chi connectivity index (χ3v) is 21.2. The van der Waals surface area contributed by atoms with Crippen molar-refractivity contribution in [3.8, 4) is 23.0 Å². The summed E-state index contributed by atoms with van der Waals surface area (Å²) in [5.41, 5.74) is 34.1. The molecule has 0 bridgehead atoms. The molecule has 0 aromatic heterocycles. The first-order chi connectivity index (χ1) is 43.9. The molecule has 10 aromatic rings. The highest BCUT2D eigenvalue weighted by atomic mass is 16.5. The number of hydrogen-bond donors (Lipinski definition) is 0. The Morgan fingerprint density at radius 3 is 0.946 bits per heavy atom. The lowest BCUT2D eigenvalue weighted by atomic mass is 9.29. The molecule has 10 aromatic carbocycles. The summed E-state index contributed by atoms with van der Waals surface area (Å²) in [6, 6.07) is 66.8. The van der Waals surface area contributed by atoms with Crippen LogP contribution in [0.1, 0.15) is 148 Å². The molecule has 0 amide bonds. The number of hydrogen-bond acceptors (Lipinski definition) is 6. The van der Waals surface area contributed by atoms with Crippen molar-refractivity contribution in [3.63, 3.8) is 0 Å². The van der Waals surface area contributed by atoms with E-state index < -0.39 is 0 Å². The van der Waals surface area contributed by atoms with Crippen LogP contribution in [-0.4, -0.2) is 27.2 Å². The van der Waals surface area contributed by atoms with Gasteiger partial charge in [0.15, 0.2) is 0 Å². The van der Waals surface area contributed by atoms with Gasteiger partial charge in [-0.1, -0.05) is 177 Å². The zero-order chi connectivity index (χ0) is 65.2. The Hall–Kier alpha value is -8.81. The standard InChI is InChI=1S/C84H85B3N4O2/c1-48-36-69-77-70(37-48)89(56-28-20-51(21-29-56)80(4,5)6)65-34-26-54(83(13,14)15)42-59(65)85(77)61-44-63-73(46-67(61)88(69)19)92-75-40-50(3)41-76-79(75)87(63)64-45-62-68(47-74(64)93-76)91(58-32-24-53(25-33-58)82(10,11)12)72-39-49(2)38-71-78(72)86(62)60-43-55(84(16,17)18)27-35-66(60)90(71)57-30-22-52(23-31-57)81(7,8)9/h20-47H,1-19H3. The normalized spacial score (nSPS) is 14.8. The van der Waals surface area contributed by atoms with Gasteiger partial charge in [-0.05, 0) is 221 Å². The third kappa shape index (κ3) is 9.12. The van der Waals surface area contributed by atoms with Crippen LogP contribution in [-0.2, 0) is 27.1 Å². The fourth-order valence-corrected chi connectivity index (χ4v) is 16.2. The van der Waals surface area contributed by atoms with Gasteiger partial charge in [0.2, 0.25) is 0 Å². The Bertz CT molecular complexity index is 4840. The van der Waals surface area contributed by atoms with Crippen LogP contribution in [0, 0.1) is 20.8 Å². The maximum Gasteiger partial charge on any atom is 0.260 e. The van der Waals surface area contributed by atoms with Crippen LogP contribution in [0.4, 0.5) is 62.6 Å². The summed E-state index contributed by atoms with van der Waals surface area (Å²) < 4.78 is 14.9. The van der Waals surface area contributed by atoms with Crippen molar-refractivity contribution < 1.29 is 9.47 Å². The Labute approximate surface area is 553 Å². The van der Waals surface area contributed by atoms with Crippen molar-refractivity contribution in [3.05, 3.63) is 214 Å². The van der Waals surface area contributed by atoms with E-state index in [0.717, 1.165) is 73.4 Å². The highest BCUT2D eigenvalue weighted by Crippen LogP contribution is 2.49. The summed E-state index contributed by atoms with van der Waals surface area (Å²) in [6.07, 6.45) is 0. The summed E-state index contributed by atoms with van der Waals surface area (Å²) in [7, 11) is 2.26. The van der Waals surface area contributed by atoms with Crippen LogP contribution >= 0.6 is 0 Å². The summed E-state index contributed by atoms with van der Waals surface area (Å²) >= 11 is 0. The average Bonchev–Trinajstić information content (AvgIpc) is 0.696. The molecule has 9 heteroatoms. The van der Waals surface area contributed by atoms with Gasteiger partial charge < -0.3 is 29.1 Å². The SMILES string of the molecule is Cc1cc2c3c(c1)Oc1cc4c(cc1B3c1cc3c(cc1O2)N(C)c1cc(C)cc2c1B3c1cc(C(C)(C)C)ccc1N2c1ccc(C(C)(C)C)cc1)B1c2cc(C(C)(C)C)ccc2N(c2ccc(C(C)(C)C)cc2)c2cc(C)cc(c21)N4c1ccc(C(C)(C)C)cc1. The molecule has 462 valence electrons. The van der Waals surface area contributed by atoms with E-state index in [2.05, 4.69) is 321 Å². The number of fused-ring (bicyclic) bond motifs is 12. The van der Waals surface area contributed by atoms with Gasteiger partial charge in [0.1, 0.15) is 23.0 Å². The number of ether oxygens (including phenoxy) is 2. The molecule has 0 unspecified atom stereocenters. The molecule has 0 N–H and O–H groups in total. The monoisotopic (exact) mass is 1210 g/mol. The molecular weight excluding hydrogens is 1130 g/mol. The zero-order valence-corrected chi connectivity index (χ0v) is 58.0. The van der Waals surface area contributed by atoms with E-state index in [9.17, 15) is 0 Å². The fourth-order valence-electron chi connectivity index (χ4n) is 16.2. The summed E-state index contributed by atoms with van der Waals surface area (Å²) in [6.45, 7) is 41.1. The molecule has 6 heterocycles. The molecule has 93 heavy (non-hydrogen) atoms. The average molecular weight is 1220 g/mol. The number of aryl methyl sites for hydroxylation is 3. The van der Waals surface area contributed by atoms with Gasteiger partial charge in [0.05, 0.1) is 0 Å². The third-order valence-electron chi connectivity index (χ3n) is 21.2. The Kier molecular flexibility index (Phi) is 12.7. The van der Waals surface area contributed by atoms with E-state index in [0.29, 0.717) is 0 Å². The first-order valence-electron chi connectivity index (χ1n) is 33.8. The largest absolute Gasteiger partial charge is 0.458 e. The predicted octanol–water partition coefficient (Wildman–Crippen LogP) is 16.3. The molecule has 0 saturated heterocycles. The van der Waals surface area contributed by atoms with Gasteiger partial charge in [0, 0.05) is 87.2 Å². The van der Waals surface area contributed by atoms with Crippen LogP contribution in [0.3, 0.4) is 0 Å². The second-order valence-corrected chi connectivity index (χ2v) is 33.0. The van der Waals surface area contributed by atoms with E-state index >= 15 is 0 Å². The van der Waals surface area contributed by atoms with E-state index in [1.807, 2.05) is 0 Å². The first kappa shape index (κ1) is 59.2. The fraction of sp³-hybridized carbons (Fsp3) is 0.286. The second-order valence-electron chi connectivity index (χ2n) is 33.0. The van der Waals surface area contributed by atoms with Crippen molar-refractivity contribution in [1.29, 1.82) is 0 Å². The van der Waals surface area contributed by atoms with Gasteiger partial charge in [-0.15, -0.1) is 0 Å². The zero-order valence-electron chi connectivity index (χ0n) is 58.0. The second kappa shape index (κ2) is 19.9. The quantitative estimate of drug-likeness (QED) is 0.164. The minimum atomic E-state index is -0.218. The van der Waals surface area contributed by atoms with Gasteiger partial charge in [-0.2, -0.15) is 0 Å². The van der Waals surface area contributed by atoms with Crippen molar-refractivity contribution in [2.45, 2.75) is 152 Å². The predicted molar refractivity (Wildman–Crippen MR) is 400 cm³/mol. The number of anilines is 11. The number of nitrogens with zero attached hydrogens (tertiary/aromatic N) is 4. The van der Waals surface area contributed by atoms with Crippen LogP contribution in [0.15, 0.2) is 170 Å². The minimum Gasteiger partial charge on any atom is -0.458 e. The lowest BCUT2D eigenvalue weighted by Crippen LogP contribution is -2.65. The Balaban J connectivity index is 0.951. The summed E-state index contributed by atoms with van der Waals surface area (Å²) in [4.78, 5) is 10.1. The topological polar surface area (TPSA) is 31.4 Å². The van der Waals surface area contributed by atoms with Crippen molar-refractivity contribution >= 4 is 132 Å². The number of rotatable bonds is 3. The van der Waals surface area contributed by atoms with Gasteiger partial charge in [-0.3, -0.25) is 0 Å². The van der Waals surface area contributed by atoms with Crippen LogP contribution in [0.5, 0.6) is 23.0 Å². The molecule has 0 spiro atoms. The molecule has 0 saturated carbocycles. The molecule has 6 nitrogen and oxygen atoms in total. The Morgan fingerprint density at radius 2 is 0.559 bits per heavy atom. The minimum absolute atomic E-state index is 0.0112. The van der Waals surface area contributed by atoms with E-state index in [1.54, 1.807) is 0 Å². The molecule has 6 aliphatic heterocycles. The molecule has 0 radical (unpaired) electrons. The van der Waals surface area contributed by atoms with Gasteiger partial charge in [-0.25, -0.2) is 0 Å². The van der Waals surface area contributed by atoms with Crippen LogP contribution in [0.2, 0.25) is 0 Å². The lowest BCUT2D eigenvalue weighted by Gasteiger charge is -2.46. The summed E-state index contributed by atoms with van der Waals surface area (Å²) in [5.74, 6) is 3.44. The molecule has 0 fully saturated rings. The molecule has 0 aliphatic carbocycles. The smallest absolute Gasteiger partial charge is 0.260 e. The maximum absolute atomic E-state index is 7.49. The lowest BCUT2D eigenvalue weighted by molar-refractivity contribution is 0.464. The molecule has 0 atom stereocenters. The van der Waals surface area contributed by atoms with Crippen LogP contribution in [0.25, 0.3) is 0 Å². The van der Waals surface area contributed by atoms with Gasteiger partial charge >= 0.3 is 0 Å². The highest BCUT2D eigenvalue weighted by Gasteiger charge is 2.50. The maximum atomic E-state index is 7.49. The molecule has 6 aliphatic rings. The molecular formula is C84H85B3N4O2. The van der Waals surface area contributed by atoms with E-state index in [-0.39, 0.29) is 47.2 Å². The van der Waals surface area contributed by atoms with Gasteiger partial charge in [0.25, 0.3) is 20.1 Å². The van der Waals surface area contributed by atoms with Crippen molar-refractivity contribution in [1.82, 2.24) is 0 Å². The van der Waals surface area contributed by atoms with Crippen molar-refractivity contribution in [2.24, 2.45) is 0 Å². The van der Waals surface area contributed by atoms with Crippen molar-refractivity contribution in [2.75, 3.05) is 26.6 Å². The number of benzene rings is 10. The summed E-state index contributed by atoms with van der Waals surface area (Å²) in [5, 5.41) is 0. The van der Waals surface area contributed by atoms with Crippen LogP contribution < -0.4 is 78.2 Å². The molecule has 16 rings (SSSR count). The van der Waals surface area contributed by atoms with E-state index in [4.69, 9.17) is 9.47 Å². The Morgan fingerprint density at radius 1 is 0.258 bits per heavy atom. The highest BCUT2D eigenvalue weighted by molar-refractivity contribution is 7.03. The first-order valence-corrected chi connectivity index (χ1v) is 33.8. The van der Waals surface area contributed by atoms with E-state index in [1.165, 1.54) is 106 Å².